The molecule has 1 N–H and O–H groups in total. The summed E-state index contributed by atoms with van der Waals surface area (Å²) in [6.45, 7) is 4.70. The smallest absolute Gasteiger partial charge is 0.141 e. The van der Waals surface area contributed by atoms with Crippen molar-refractivity contribution in [2.45, 2.75) is 39.2 Å². The van der Waals surface area contributed by atoms with E-state index in [1.165, 1.54) is 19.3 Å². The minimum absolute atomic E-state index is 0.579. The highest BCUT2D eigenvalue weighted by Crippen LogP contribution is 2.33. The third kappa shape index (κ3) is 2.93. The average Bonchev–Trinajstić information content (AvgIpc) is 2.34. The third-order valence-corrected chi connectivity index (χ3v) is 3.91. The molecule has 0 bridgehead atoms. The van der Waals surface area contributed by atoms with Crippen LogP contribution in [-0.2, 0) is 0 Å². The van der Waals surface area contributed by atoms with Gasteiger partial charge in [0.15, 0.2) is 0 Å². The molecule has 2 nitrogen and oxygen atoms in total. The summed E-state index contributed by atoms with van der Waals surface area (Å²) in [5, 5.41) is 3.66. The molecule has 0 aliphatic heterocycles. The van der Waals surface area contributed by atoms with Gasteiger partial charge in [-0.1, -0.05) is 32.4 Å². The van der Waals surface area contributed by atoms with Crippen LogP contribution in [0.2, 0.25) is 0 Å². The summed E-state index contributed by atoms with van der Waals surface area (Å²) in [4.78, 5) is 0. The summed E-state index contributed by atoms with van der Waals surface area (Å²) >= 11 is 0. The normalized spacial score (nSPS) is 28.8. The van der Waals surface area contributed by atoms with Crippen molar-refractivity contribution < 1.29 is 4.74 Å². The maximum atomic E-state index is 5.39. The molecule has 0 amide bonds. The second-order valence-corrected chi connectivity index (χ2v) is 5.35. The number of benzene rings is 1. The zero-order valence-electron chi connectivity index (χ0n) is 11.1. The summed E-state index contributed by atoms with van der Waals surface area (Å²) in [5.74, 6) is 2.52. The number of hydrogen-bond acceptors (Lipinski definition) is 2. The van der Waals surface area contributed by atoms with Gasteiger partial charge in [0.1, 0.15) is 5.75 Å². The SMILES string of the molecule is COc1ccccc1NC1CC(C)CCC1C. The van der Waals surface area contributed by atoms with Gasteiger partial charge in [0.2, 0.25) is 0 Å². The van der Waals surface area contributed by atoms with Crippen LogP contribution in [0.4, 0.5) is 5.69 Å². The summed E-state index contributed by atoms with van der Waals surface area (Å²) < 4.78 is 5.39. The van der Waals surface area contributed by atoms with Crippen LogP contribution in [0.5, 0.6) is 5.75 Å². The Hall–Kier alpha value is -1.18. The molecule has 1 aromatic carbocycles. The Balaban J connectivity index is 2.08. The standard InChI is InChI=1S/C15H23NO/c1-11-8-9-12(2)14(10-11)16-13-6-4-5-7-15(13)17-3/h4-7,11-12,14,16H,8-10H2,1-3H3. The summed E-state index contributed by atoms with van der Waals surface area (Å²) in [6, 6.07) is 8.76. The fraction of sp³-hybridized carbons (Fsp3) is 0.600. The van der Waals surface area contributed by atoms with Gasteiger partial charge < -0.3 is 10.1 Å². The molecule has 0 aromatic heterocycles. The van der Waals surface area contributed by atoms with E-state index in [1.54, 1.807) is 7.11 Å². The molecule has 94 valence electrons. The maximum Gasteiger partial charge on any atom is 0.141 e. The van der Waals surface area contributed by atoms with E-state index in [-0.39, 0.29) is 0 Å². The fourth-order valence-corrected chi connectivity index (χ4v) is 2.70. The maximum absolute atomic E-state index is 5.39. The van der Waals surface area contributed by atoms with Crippen molar-refractivity contribution in [3.8, 4) is 5.75 Å². The Morgan fingerprint density at radius 1 is 1.18 bits per heavy atom. The molecule has 0 saturated heterocycles. The third-order valence-electron chi connectivity index (χ3n) is 3.91. The van der Waals surface area contributed by atoms with E-state index in [2.05, 4.69) is 31.3 Å². The molecule has 0 radical (unpaired) electrons. The van der Waals surface area contributed by atoms with E-state index in [0.717, 1.165) is 23.3 Å². The summed E-state index contributed by atoms with van der Waals surface area (Å²) in [7, 11) is 1.73. The number of nitrogens with one attached hydrogen (secondary N) is 1. The Morgan fingerprint density at radius 2 is 1.94 bits per heavy atom. The average molecular weight is 233 g/mol. The van der Waals surface area contributed by atoms with Crippen molar-refractivity contribution >= 4 is 5.69 Å². The van der Waals surface area contributed by atoms with Crippen molar-refractivity contribution in [3.05, 3.63) is 24.3 Å². The summed E-state index contributed by atoms with van der Waals surface area (Å²) in [5.41, 5.74) is 1.13. The Kier molecular flexibility index (Phi) is 3.93. The molecule has 1 aromatic rings. The molecule has 0 heterocycles. The lowest BCUT2D eigenvalue weighted by Crippen LogP contribution is -2.33. The molecule has 1 aliphatic carbocycles. The summed E-state index contributed by atoms with van der Waals surface area (Å²) in [6.07, 6.45) is 3.96. The van der Waals surface area contributed by atoms with Gasteiger partial charge in [-0.2, -0.15) is 0 Å². The van der Waals surface area contributed by atoms with E-state index >= 15 is 0 Å². The number of rotatable bonds is 3. The first-order valence-corrected chi connectivity index (χ1v) is 6.60. The lowest BCUT2D eigenvalue weighted by Gasteiger charge is -2.34. The van der Waals surface area contributed by atoms with E-state index in [9.17, 15) is 0 Å². The van der Waals surface area contributed by atoms with E-state index in [1.807, 2.05) is 12.1 Å². The molecular formula is C15H23NO. The molecule has 17 heavy (non-hydrogen) atoms. The molecule has 3 atom stereocenters. The Morgan fingerprint density at radius 3 is 2.71 bits per heavy atom. The lowest BCUT2D eigenvalue weighted by atomic mass is 9.80. The second kappa shape index (κ2) is 5.44. The molecule has 1 fully saturated rings. The monoisotopic (exact) mass is 233 g/mol. The van der Waals surface area contributed by atoms with Gasteiger partial charge in [-0.15, -0.1) is 0 Å². The van der Waals surface area contributed by atoms with E-state index < -0.39 is 0 Å². The molecule has 3 unspecified atom stereocenters. The predicted octanol–water partition coefficient (Wildman–Crippen LogP) is 3.93. The topological polar surface area (TPSA) is 21.3 Å². The van der Waals surface area contributed by atoms with Crippen molar-refractivity contribution in [1.82, 2.24) is 0 Å². The van der Waals surface area contributed by atoms with Crippen molar-refractivity contribution in [2.24, 2.45) is 11.8 Å². The van der Waals surface area contributed by atoms with Crippen molar-refractivity contribution in [2.75, 3.05) is 12.4 Å². The number of anilines is 1. The minimum atomic E-state index is 0.579. The van der Waals surface area contributed by atoms with Crippen molar-refractivity contribution in [3.63, 3.8) is 0 Å². The van der Waals surface area contributed by atoms with E-state index in [4.69, 9.17) is 4.74 Å². The molecule has 2 heteroatoms. The predicted molar refractivity (Wildman–Crippen MR) is 72.6 cm³/mol. The second-order valence-electron chi connectivity index (χ2n) is 5.35. The molecule has 2 rings (SSSR count). The van der Waals surface area contributed by atoms with Crippen molar-refractivity contribution in [1.29, 1.82) is 0 Å². The van der Waals surface area contributed by atoms with Gasteiger partial charge in [0.05, 0.1) is 12.8 Å². The first kappa shape index (κ1) is 12.3. The van der Waals surface area contributed by atoms with Crippen LogP contribution in [-0.4, -0.2) is 13.2 Å². The number of ether oxygens (including phenoxy) is 1. The zero-order chi connectivity index (χ0) is 12.3. The Labute approximate surface area is 104 Å². The van der Waals surface area contributed by atoms with Gasteiger partial charge in [0.25, 0.3) is 0 Å². The van der Waals surface area contributed by atoms with Crippen LogP contribution in [0.1, 0.15) is 33.1 Å². The molecule has 1 saturated carbocycles. The number of hydrogen-bond donors (Lipinski definition) is 1. The Bertz CT molecular complexity index is 364. The van der Waals surface area contributed by atoms with Crippen LogP contribution in [0.15, 0.2) is 24.3 Å². The van der Waals surface area contributed by atoms with Gasteiger partial charge >= 0.3 is 0 Å². The lowest BCUT2D eigenvalue weighted by molar-refractivity contribution is 0.280. The molecule has 0 spiro atoms. The van der Waals surface area contributed by atoms with Gasteiger partial charge in [0, 0.05) is 6.04 Å². The van der Waals surface area contributed by atoms with Crippen LogP contribution in [0.25, 0.3) is 0 Å². The van der Waals surface area contributed by atoms with Crippen LogP contribution in [0, 0.1) is 11.8 Å². The number of para-hydroxylation sites is 2. The number of methoxy groups -OCH3 is 1. The van der Waals surface area contributed by atoms with Gasteiger partial charge in [-0.25, -0.2) is 0 Å². The van der Waals surface area contributed by atoms with Crippen LogP contribution >= 0.6 is 0 Å². The highest BCUT2D eigenvalue weighted by Gasteiger charge is 2.25. The largest absolute Gasteiger partial charge is 0.495 e. The van der Waals surface area contributed by atoms with Gasteiger partial charge in [-0.05, 0) is 36.8 Å². The minimum Gasteiger partial charge on any atom is -0.495 e. The highest BCUT2D eigenvalue weighted by molar-refractivity contribution is 5.56. The van der Waals surface area contributed by atoms with E-state index in [0.29, 0.717) is 6.04 Å². The first-order valence-electron chi connectivity index (χ1n) is 6.60. The van der Waals surface area contributed by atoms with Gasteiger partial charge in [-0.3, -0.25) is 0 Å². The quantitative estimate of drug-likeness (QED) is 0.854. The highest BCUT2D eigenvalue weighted by atomic mass is 16.5. The molecular weight excluding hydrogens is 210 g/mol. The fourth-order valence-electron chi connectivity index (χ4n) is 2.70. The zero-order valence-corrected chi connectivity index (χ0v) is 11.1. The van der Waals surface area contributed by atoms with Crippen LogP contribution in [0.3, 0.4) is 0 Å². The molecule has 1 aliphatic rings. The van der Waals surface area contributed by atoms with Crippen LogP contribution < -0.4 is 10.1 Å². The first-order chi connectivity index (χ1) is 8.20.